The molecule has 2 rings (SSSR count). The average Bonchev–Trinajstić information content (AvgIpc) is 2.27. The maximum atomic E-state index is 10.8. The molecule has 0 bridgehead atoms. The number of non-ortho nitro benzene ring substituents is 1. The van der Waals surface area contributed by atoms with E-state index in [1.54, 1.807) is 24.3 Å². The highest BCUT2D eigenvalue weighted by molar-refractivity contribution is 5.99. The molecule has 0 aliphatic carbocycles. The van der Waals surface area contributed by atoms with Crippen molar-refractivity contribution in [3.05, 3.63) is 46.5 Å². The lowest BCUT2D eigenvalue weighted by atomic mass is 10.1. The Morgan fingerprint density at radius 3 is 2.40 bits per heavy atom. The van der Waals surface area contributed by atoms with Gasteiger partial charge < -0.3 is 5.43 Å². The number of hydrogen-bond donors (Lipinski definition) is 2. The van der Waals surface area contributed by atoms with Crippen LogP contribution in [0.3, 0.4) is 0 Å². The number of nitro benzene ring substituents is 1. The first-order valence-corrected chi connectivity index (χ1v) is 4.37. The summed E-state index contributed by atoms with van der Waals surface area (Å²) in [5.74, 6) is 5.32. The smallest absolute Gasteiger partial charge is 0.277 e. The Morgan fingerprint density at radius 1 is 1.13 bits per heavy atom. The number of nitrogen functional groups attached to an aromatic ring is 1. The second-order valence-electron chi connectivity index (χ2n) is 3.08. The molecule has 3 N–H and O–H groups in total. The van der Waals surface area contributed by atoms with E-state index in [0.717, 1.165) is 5.39 Å². The summed E-state index contributed by atoms with van der Waals surface area (Å²) in [6.07, 6.45) is 0. The van der Waals surface area contributed by atoms with Gasteiger partial charge in [0.1, 0.15) is 0 Å². The third-order valence-corrected chi connectivity index (χ3v) is 2.25. The summed E-state index contributed by atoms with van der Waals surface area (Å²) in [4.78, 5) is 10.4. The molecule has 0 unspecified atom stereocenters. The summed E-state index contributed by atoms with van der Waals surface area (Å²) in [5, 5.41) is 12.1. The summed E-state index contributed by atoms with van der Waals surface area (Å²) < 4.78 is 0. The quantitative estimate of drug-likeness (QED) is 0.444. The van der Waals surface area contributed by atoms with Crippen LogP contribution in [-0.4, -0.2) is 4.92 Å². The molecule has 0 spiro atoms. The van der Waals surface area contributed by atoms with Crippen LogP contribution in [0.2, 0.25) is 0 Å². The third-order valence-electron chi connectivity index (χ3n) is 2.25. The maximum absolute atomic E-state index is 10.8. The van der Waals surface area contributed by atoms with Gasteiger partial charge in [0.25, 0.3) is 5.69 Å². The molecule has 2 aromatic carbocycles. The van der Waals surface area contributed by atoms with Crippen molar-refractivity contribution in [2.24, 2.45) is 5.84 Å². The zero-order valence-corrected chi connectivity index (χ0v) is 7.81. The molecule has 0 amide bonds. The molecule has 76 valence electrons. The zero-order chi connectivity index (χ0) is 10.8. The first-order chi connectivity index (χ1) is 7.24. The van der Waals surface area contributed by atoms with Crippen LogP contribution >= 0.6 is 0 Å². The molecule has 0 saturated heterocycles. The van der Waals surface area contributed by atoms with E-state index in [9.17, 15) is 10.1 Å². The summed E-state index contributed by atoms with van der Waals surface area (Å²) in [6, 6.07) is 10.1. The minimum Gasteiger partial charge on any atom is -0.324 e. The number of anilines is 1. The number of hydrogen-bond acceptors (Lipinski definition) is 4. The molecular weight excluding hydrogens is 194 g/mol. The number of nitrogens with two attached hydrogens (primary N) is 1. The molecule has 5 heteroatoms. The van der Waals surface area contributed by atoms with Crippen LogP contribution in [0.5, 0.6) is 0 Å². The fraction of sp³-hybridized carbons (Fsp3) is 0. The van der Waals surface area contributed by atoms with E-state index in [0.29, 0.717) is 11.1 Å². The van der Waals surface area contributed by atoms with Gasteiger partial charge in [0.05, 0.1) is 16.0 Å². The van der Waals surface area contributed by atoms with Crippen LogP contribution in [-0.2, 0) is 0 Å². The van der Waals surface area contributed by atoms with E-state index >= 15 is 0 Å². The van der Waals surface area contributed by atoms with Gasteiger partial charge in [0.2, 0.25) is 0 Å². The molecule has 0 fully saturated rings. The SMILES string of the molecule is NNc1ccc([N+](=O)[O-])c2ccccc12. The summed E-state index contributed by atoms with van der Waals surface area (Å²) in [5.41, 5.74) is 3.28. The van der Waals surface area contributed by atoms with Crippen molar-refractivity contribution >= 4 is 22.1 Å². The molecule has 0 heterocycles. The van der Waals surface area contributed by atoms with Crippen molar-refractivity contribution in [3.8, 4) is 0 Å². The van der Waals surface area contributed by atoms with Gasteiger partial charge in [0, 0.05) is 11.5 Å². The molecule has 0 radical (unpaired) electrons. The zero-order valence-electron chi connectivity index (χ0n) is 7.81. The Balaban J connectivity index is 2.83. The normalized spacial score (nSPS) is 10.2. The second kappa shape index (κ2) is 3.55. The Kier molecular flexibility index (Phi) is 2.23. The van der Waals surface area contributed by atoms with E-state index in [1.807, 2.05) is 6.07 Å². The van der Waals surface area contributed by atoms with Gasteiger partial charge in [-0.3, -0.25) is 16.0 Å². The summed E-state index contributed by atoms with van der Waals surface area (Å²) in [7, 11) is 0. The summed E-state index contributed by atoms with van der Waals surface area (Å²) >= 11 is 0. The van der Waals surface area contributed by atoms with E-state index in [1.165, 1.54) is 6.07 Å². The number of nitro groups is 1. The number of fused-ring (bicyclic) bond motifs is 1. The highest BCUT2D eigenvalue weighted by Crippen LogP contribution is 2.30. The predicted molar refractivity (Wildman–Crippen MR) is 58.4 cm³/mol. The second-order valence-corrected chi connectivity index (χ2v) is 3.08. The van der Waals surface area contributed by atoms with Crippen LogP contribution in [0.1, 0.15) is 0 Å². The lowest BCUT2D eigenvalue weighted by molar-refractivity contribution is -0.383. The topological polar surface area (TPSA) is 81.2 Å². The standard InChI is InChI=1S/C10H9N3O2/c11-12-9-5-6-10(13(14)15)8-4-2-1-3-7(8)9/h1-6,12H,11H2. The van der Waals surface area contributed by atoms with Crippen LogP contribution in [0.25, 0.3) is 10.8 Å². The van der Waals surface area contributed by atoms with Crippen molar-refractivity contribution in [2.75, 3.05) is 5.43 Å². The van der Waals surface area contributed by atoms with Crippen molar-refractivity contribution < 1.29 is 4.92 Å². The highest BCUT2D eigenvalue weighted by Gasteiger charge is 2.12. The molecule has 0 atom stereocenters. The molecule has 0 aromatic heterocycles. The molecule has 0 aliphatic rings. The van der Waals surface area contributed by atoms with Crippen molar-refractivity contribution in [2.45, 2.75) is 0 Å². The highest BCUT2D eigenvalue weighted by atomic mass is 16.6. The molecule has 2 aromatic rings. The Labute approximate surface area is 85.6 Å². The van der Waals surface area contributed by atoms with Gasteiger partial charge in [-0.05, 0) is 12.1 Å². The first kappa shape index (κ1) is 9.42. The maximum Gasteiger partial charge on any atom is 0.277 e. The van der Waals surface area contributed by atoms with Gasteiger partial charge in [0.15, 0.2) is 0 Å². The average molecular weight is 203 g/mol. The lowest BCUT2D eigenvalue weighted by Gasteiger charge is -2.05. The van der Waals surface area contributed by atoms with Crippen LogP contribution in [0.15, 0.2) is 36.4 Å². The fourth-order valence-corrected chi connectivity index (χ4v) is 1.57. The lowest BCUT2D eigenvalue weighted by Crippen LogP contribution is -2.07. The monoisotopic (exact) mass is 203 g/mol. The van der Waals surface area contributed by atoms with Crippen LogP contribution in [0.4, 0.5) is 11.4 Å². The Morgan fingerprint density at radius 2 is 1.80 bits per heavy atom. The molecule has 0 aliphatic heterocycles. The number of hydrazine groups is 1. The minimum absolute atomic E-state index is 0.0876. The van der Waals surface area contributed by atoms with Gasteiger partial charge in [-0.1, -0.05) is 18.2 Å². The Hall–Kier alpha value is -2.14. The predicted octanol–water partition coefficient (Wildman–Crippen LogP) is 2.03. The number of rotatable bonds is 2. The molecular formula is C10H9N3O2. The molecule has 0 saturated carbocycles. The first-order valence-electron chi connectivity index (χ1n) is 4.37. The van der Waals surface area contributed by atoms with Gasteiger partial charge >= 0.3 is 0 Å². The van der Waals surface area contributed by atoms with Crippen molar-refractivity contribution in [1.29, 1.82) is 0 Å². The Bertz CT molecular complexity index is 525. The number of nitrogens with one attached hydrogen (secondary N) is 1. The van der Waals surface area contributed by atoms with Gasteiger partial charge in [-0.2, -0.15) is 0 Å². The number of benzene rings is 2. The molecule has 15 heavy (non-hydrogen) atoms. The fourth-order valence-electron chi connectivity index (χ4n) is 1.57. The van der Waals surface area contributed by atoms with E-state index in [-0.39, 0.29) is 5.69 Å². The largest absolute Gasteiger partial charge is 0.324 e. The third kappa shape index (κ3) is 1.49. The summed E-state index contributed by atoms with van der Waals surface area (Å²) in [6.45, 7) is 0. The van der Waals surface area contributed by atoms with Crippen LogP contribution in [0, 0.1) is 10.1 Å². The van der Waals surface area contributed by atoms with Crippen molar-refractivity contribution in [1.82, 2.24) is 0 Å². The molecule has 5 nitrogen and oxygen atoms in total. The van der Waals surface area contributed by atoms with Crippen LogP contribution < -0.4 is 11.3 Å². The van der Waals surface area contributed by atoms with Gasteiger partial charge in [-0.25, -0.2) is 0 Å². The number of nitrogens with zero attached hydrogens (tertiary/aromatic N) is 1. The van der Waals surface area contributed by atoms with Gasteiger partial charge in [-0.15, -0.1) is 0 Å². The van der Waals surface area contributed by atoms with E-state index < -0.39 is 4.92 Å². The minimum atomic E-state index is -0.400. The van der Waals surface area contributed by atoms with E-state index in [2.05, 4.69) is 5.43 Å². The van der Waals surface area contributed by atoms with Crippen molar-refractivity contribution in [3.63, 3.8) is 0 Å². The van der Waals surface area contributed by atoms with E-state index in [4.69, 9.17) is 5.84 Å².